The minimum atomic E-state index is -2.50. The van der Waals surface area contributed by atoms with Crippen molar-refractivity contribution in [1.82, 2.24) is 0 Å². The molecule has 1 saturated heterocycles. The fourth-order valence-electron chi connectivity index (χ4n) is 1.33. The van der Waals surface area contributed by atoms with Gasteiger partial charge in [0.25, 0.3) is 0 Å². The molecule has 84 valence electrons. The Morgan fingerprint density at radius 3 is 2.50 bits per heavy atom. The third-order valence-electron chi connectivity index (χ3n) is 2.35. The molecular weight excluding hydrogens is 205 g/mol. The Balaban J connectivity index is 2.44. The van der Waals surface area contributed by atoms with Gasteiger partial charge >= 0.3 is 0 Å². The number of aliphatic hydroxyl groups excluding tert-OH is 1. The van der Waals surface area contributed by atoms with Crippen molar-refractivity contribution in [2.45, 2.75) is 25.4 Å². The number of rotatable bonds is 3. The Hall–Kier alpha value is 0.0700. The molecule has 0 aromatic heterocycles. The summed E-state index contributed by atoms with van der Waals surface area (Å²) in [7, 11) is -2.50. The zero-order chi connectivity index (χ0) is 10.9. The average molecular weight is 223 g/mol. The molecule has 0 aliphatic carbocycles. The molecule has 0 aromatic carbocycles. The smallest absolute Gasteiger partial charge is 0.197 e. The van der Waals surface area contributed by atoms with E-state index in [4.69, 9.17) is 15.0 Å². The van der Waals surface area contributed by atoms with Crippen LogP contribution < -0.4 is 5.73 Å². The van der Waals surface area contributed by atoms with Crippen LogP contribution in [0, 0.1) is 5.92 Å². The minimum absolute atomic E-state index is 0.114. The van der Waals surface area contributed by atoms with Crippen molar-refractivity contribution in [3.05, 3.63) is 0 Å². The van der Waals surface area contributed by atoms with Crippen LogP contribution in [0.5, 0.6) is 0 Å². The molecule has 0 radical (unpaired) electrons. The third-order valence-corrected chi connectivity index (χ3v) is 3.12. The summed E-state index contributed by atoms with van der Waals surface area (Å²) in [6.45, 7) is 5.06. The predicted molar refractivity (Wildman–Crippen MR) is 53.4 cm³/mol. The highest BCUT2D eigenvalue weighted by atomic mass is 31.2. The van der Waals surface area contributed by atoms with Crippen LogP contribution in [-0.4, -0.2) is 43.5 Å². The molecule has 1 heterocycles. The van der Waals surface area contributed by atoms with Gasteiger partial charge in [-0.15, -0.1) is 0 Å². The molecule has 1 aliphatic heterocycles. The van der Waals surface area contributed by atoms with Gasteiger partial charge in [-0.25, -0.2) is 0 Å². The molecule has 14 heavy (non-hydrogen) atoms. The van der Waals surface area contributed by atoms with Crippen LogP contribution in [0.15, 0.2) is 0 Å². The quantitative estimate of drug-likeness (QED) is 0.669. The van der Waals surface area contributed by atoms with E-state index in [0.29, 0.717) is 0 Å². The highest BCUT2D eigenvalue weighted by molar-refractivity contribution is 7.57. The Bertz CT molecular complexity index is 241. The largest absolute Gasteiger partial charge is 0.368 e. The van der Waals surface area contributed by atoms with E-state index in [-0.39, 0.29) is 24.7 Å². The van der Waals surface area contributed by atoms with Crippen molar-refractivity contribution < 1.29 is 18.9 Å². The number of ether oxygens (including phenoxy) is 1. The first-order valence-electron chi connectivity index (χ1n) is 4.60. The summed E-state index contributed by atoms with van der Waals surface area (Å²) in [4.78, 5) is 0. The fraction of sp³-hybridized carbons (Fsp3) is 1.00. The summed E-state index contributed by atoms with van der Waals surface area (Å²) in [6.07, 6.45) is -1.21. The van der Waals surface area contributed by atoms with Crippen molar-refractivity contribution in [2.24, 2.45) is 11.7 Å². The van der Waals surface area contributed by atoms with E-state index >= 15 is 0 Å². The lowest BCUT2D eigenvalue weighted by Crippen LogP contribution is -2.37. The molecule has 6 heteroatoms. The Kier molecular flexibility index (Phi) is 3.72. The van der Waals surface area contributed by atoms with Gasteiger partial charge in [0.1, 0.15) is 0 Å². The van der Waals surface area contributed by atoms with Crippen LogP contribution in [-0.2, 0) is 13.8 Å². The highest BCUT2D eigenvalue weighted by Gasteiger charge is 2.39. The zero-order valence-electron chi connectivity index (χ0n) is 8.71. The summed E-state index contributed by atoms with van der Waals surface area (Å²) in [5.41, 5.74) is 5.79. The minimum Gasteiger partial charge on any atom is -0.368 e. The van der Waals surface area contributed by atoms with Crippen molar-refractivity contribution >= 4 is 7.37 Å². The normalized spacial score (nSPS) is 38.9. The third kappa shape index (κ3) is 3.04. The number of hydrogen-bond donors (Lipinski definition) is 2. The van der Waals surface area contributed by atoms with E-state index in [1.165, 1.54) is 13.3 Å². The summed E-state index contributed by atoms with van der Waals surface area (Å²) >= 11 is 0. The van der Waals surface area contributed by atoms with Gasteiger partial charge in [-0.3, -0.25) is 4.57 Å². The predicted octanol–water partition coefficient (Wildman–Crippen LogP) is 0.221. The Labute approximate surface area is 84.0 Å². The van der Waals surface area contributed by atoms with Gasteiger partial charge in [-0.2, -0.15) is 0 Å². The van der Waals surface area contributed by atoms with Crippen LogP contribution >= 0.6 is 7.37 Å². The molecule has 0 amide bonds. The standard InChI is InChI=1S/C8H18NO4P/c1-5-7(9)6(13-8(5)10)4-12-14(2,3)11/h5-8,10H,4,9H2,1-3H3/t5-,6+,7?,8+/m0/s1. The van der Waals surface area contributed by atoms with E-state index in [0.717, 1.165) is 0 Å². The zero-order valence-corrected chi connectivity index (χ0v) is 9.61. The lowest BCUT2D eigenvalue weighted by Gasteiger charge is -2.17. The first-order chi connectivity index (χ1) is 6.31. The summed E-state index contributed by atoms with van der Waals surface area (Å²) in [5, 5.41) is 9.34. The van der Waals surface area contributed by atoms with Gasteiger partial charge in [0.05, 0.1) is 12.7 Å². The maximum Gasteiger partial charge on any atom is 0.197 e. The monoisotopic (exact) mass is 223 g/mol. The maximum atomic E-state index is 11.3. The number of nitrogens with two attached hydrogens (primary N) is 1. The van der Waals surface area contributed by atoms with Crippen molar-refractivity contribution in [1.29, 1.82) is 0 Å². The van der Waals surface area contributed by atoms with E-state index < -0.39 is 13.7 Å². The van der Waals surface area contributed by atoms with Gasteiger partial charge in [0.15, 0.2) is 13.7 Å². The second kappa shape index (κ2) is 4.29. The van der Waals surface area contributed by atoms with E-state index in [1.54, 1.807) is 0 Å². The average Bonchev–Trinajstić information content (AvgIpc) is 2.28. The molecule has 4 atom stereocenters. The van der Waals surface area contributed by atoms with Crippen molar-refractivity contribution in [2.75, 3.05) is 19.9 Å². The molecule has 1 fully saturated rings. The van der Waals surface area contributed by atoms with Gasteiger partial charge in [0, 0.05) is 25.3 Å². The van der Waals surface area contributed by atoms with Crippen molar-refractivity contribution in [3.63, 3.8) is 0 Å². The van der Waals surface area contributed by atoms with E-state index in [1.807, 2.05) is 6.92 Å². The lowest BCUT2D eigenvalue weighted by molar-refractivity contribution is -0.112. The molecule has 1 unspecified atom stereocenters. The fourth-order valence-corrected chi connectivity index (χ4v) is 1.83. The second-order valence-electron chi connectivity index (χ2n) is 4.05. The number of hydrogen-bond acceptors (Lipinski definition) is 5. The molecule has 0 bridgehead atoms. The molecule has 0 spiro atoms. The summed E-state index contributed by atoms with van der Waals surface area (Å²) in [5.74, 6) is -0.114. The highest BCUT2D eigenvalue weighted by Crippen LogP contribution is 2.38. The summed E-state index contributed by atoms with van der Waals surface area (Å²) < 4.78 is 21.5. The van der Waals surface area contributed by atoms with Crippen LogP contribution in [0.1, 0.15) is 6.92 Å². The first kappa shape index (κ1) is 12.1. The molecular formula is C8H18NO4P. The molecule has 0 saturated carbocycles. The van der Waals surface area contributed by atoms with Gasteiger partial charge < -0.3 is 20.1 Å². The summed E-state index contributed by atoms with van der Waals surface area (Å²) in [6, 6.07) is -0.267. The van der Waals surface area contributed by atoms with Crippen LogP contribution in [0.2, 0.25) is 0 Å². The number of aliphatic hydroxyl groups is 1. The Morgan fingerprint density at radius 1 is 1.57 bits per heavy atom. The maximum absolute atomic E-state index is 11.3. The molecule has 0 aromatic rings. The molecule has 3 N–H and O–H groups in total. The van der Waals surface area contributed by atoms with Gasteiger partial charge in [-0.1, -0.05) is 6.92 Å². The second-order valence-corrected chi connectivity index (χ2v) is 6.81. The van der Waals surface area contributed by atoms with Crippen LogP contribution in [0.25, 0.3) is 0 Å². The van der Waals surface area contributed by atoms with E-state index in [2.05, 4.69) is 0 Å². The topological polar surface area (TPSA) is 81.8 Å². The first-order valence-corrected chi connectivity index (χ1v) is 7.12. The van der Waals surface area contributed by atoms with E-state index in [9.17, 15) is 9.67 Å². The Morgan fingerprint density at radius 2 is 2.14 bits per heavy atom. The van der Waals surface area contributed by atoms with Crippen LogP contribution in [0.4, 0.5) is 0 Å². The van der Waals surface area contributed by atoms with Gasteiger partial charge in [-0.05, 0) is 0 Å². The van der Waals surface area contributed by atoms with Crippen LogP contribution in [0.3, 0.4) is 0 Å². The van der Waals surface area contributed by atoms with Gasteiger partial charge in [0.2, 0.25) is 0 Å². The molecule has 5 nitrogen and oxygen atoms in total. The lowest BCUT2D eigenvalue weighted by atomic mass is 10.0. The van der Waals surface area contributed by atoms with Crippen molar-refractivity contribution in [3.8, 4) is 0 Å². The molecule has 1 rings (SSSR count). The SMILES string of the molecule is C[C@H]1C(N)[C@@H](COP(C)(C)=O)O[C@H]1O. The molecule has 1 aliphatic rings.